The van der Waals surface area contributed by atoms with Crippen LogP contribution in [0.3, 0.4) is 0 Å². The predicted octanol–water partition coefficient (Wildman–Crippen LogP) is 14.0. The second-order valence-electron chi connectivity index (χ2n) is 15.1. The summed E-state index contributed by atoms with van der Waals surface area (Å²) >= 11 is 0. The van der Waals surface area contributed by atoms with Crippen LogP contribution in [0.2, 0.25) is 0 Å². The Bertz CT molecular complexity index is 3510. The average Bonchev–Trinajstić information content (AvgIpc) is 3.28. The molecule has 8 aromatic carbocycles. The van der Waals surface area contributed by atoms with E-state index in [2.05, 4.69) is 194 Å². The normalized spacial score (nSPS) is 11.8. The summed E-state index contributed by atoms with van der Waals surface area (Å²) in [5, 5.41) is 12.7. The fraction of sp³-hybridized carbons (Fsp3) is 0. The maximum atomic E-state index is 5.30. The van der Waals surface area contributed by atoms with Gasteiger partial charge in [0.1, 0.15) is 0 Å². The van der Waals surface area contributed by atoms with Gasteiger partial charge in [-0.3, -0.25) is 0 Å². The molecule has 0 amide bonds. The molecule has 4 aromatic heterocycles. The van der Waals surface area contributed by atoms with Crippen LogP contribution in [0.1, 0.15) is 0 Å². The molecule has 0 N–H and O–H groups in total. The van der Waals surface area contributed by atoms with Gasteiger partial charge in [-0.05, 0) is 133 Å². The molecule has 4 heteroatoms. The molecule has 0 spiro atoms. The molecule has 12 rings (SSSR count). The van der Waals surface area contributed by atoms with Crippen molar-refractivity contribution in [3.8, 4) is 45.2 Å². The Labute approximate surface area is 333 Å². The van der Waals surface area contributed by atoms with Crippen LogP contribution >= 0.6 is 0 Å². The van der Waals surface area contributed by atoms with Crippen LogP contribution in [0.5, 0.6) is 0 Å². The zero-order chi connectivity index (χ0) is 38.2. The SMILES string of the molecule is c1ccc2cc3nc(-c4cc(-c5cc(-c6ccc7cc8ccccc8cc7n6)c6ccccc6c5)cc(-c5ccc6cc7ccccc7cc6n5)n4)ccc3cc2c1. The molecule has 12 aromatic rings. The first-order chi connectivity index (χ1) is 28.6. The Kier molecular flexibility index (Phi) is 7.20. The lowest BCUT2D eigenvalue weighted by atomic mass is 9.94. The molecule has 0 aliphatic carbocycles. The van der Waals surface area contributed by atoms with Crippen molar-refractivity contribution >= 4 is 75.8 Å². The first-order valence-electron chi connectivity index (χ1n) is 19.6. The van der Waals surface area contributed by atoms with E-state index in [1.54, 1.807) is 0 Å². The molecule has 4 heterocycles. The van der Waals surface area contributed by atoms with Crippen LogP contribution in [-0.2, 0) is 0 Å². The number of rotatable bonds is 4. The van der Waals surface area contributed by atoms with E-state index in [4.69, 9.17) is 19.9 Å². The highest BCUT2D eigenvalue weighted by atomic mass is 14.8. The number of pyridine rings is 4. The molecular formula is C54H32N4. The second-order valence-corrected chi connectivity index (χ2v) is 15.1. The zero-order valence-corrected chi connectivity index (χ0v) is 31.3. The summed E-state index contributed by atoms with van der Waals surface area (Å²) in [4.78, 5) is 21.0. The number of hydrogen-bond donors (Lipinski definition) is 0. The van der Waals surface area contributed by atoms with Gasteiger partial charge in [-0.1, -0.05) is 115 Å². The quantitative estimate of drug-likeness (QED) is 0.169. The minimum absolute atomic E-state index is 0.786. The molecule has 4 nitrogen and oxygen atoms in total. The first kappa shape index (κ1) is 32.4. The molecule has 0 bridgehead atoms. The predicted molar refractivity (Wildman–Crippen MR) is 242 cm³/mol. The van der Waals surface area contributed by atoms with Crippen LogP contribution in [-0.4, -0.2) is 19.9 Å². The molecule has 0 saturated heterocycles. The second kappa shape index (κ2) is 12.9. The van der Waals surface area contributed by atoms with Crippen molar-refractivity contribution < 1.29 is 0 Å². The van der Waals surface area contributed by atoms with Gasteiger partial charge >= 0.3 is 0 Å². The fourth-order valence-corrected chi connectivity index (χ4v) is 8.52. The summed E-state index contributed by atoms with van der Waals surface area (Å²) in [7, 11) is 0. The van der Waals surface area contributed by atoms with Gasteiger partial charge in [-0.15, -0.1) is 0 Å². The molecule has 268 valence electrons. The van der Waals surface area contributed by atoms with Gasteiger partial charge in [0, 0.05) is 21.7 Å². The largest absolute Gasteiger partial charge is 0.248 e. The number of benzene rings is 8. The number of fused-ring (bicyclic) bond motifs is 7. The molecule has 0 fully saturated rings. The van der Waals surface area contributed by atoms with Gasteiger partial charge in [0.25, 0.3) is 0 Å². The van der Waals surface area contributed by atoms with Crippen molar-refractivity contribution in [2.75, 3.05) is 0 Å². The molecule has 0 atom stereocenters. The van der Waals surface area contributed by atoms with E-state index in [1.165, 1.54) is 21.5 Å². The first-order valence-corrected chi connectivity index (χ1v) is 19.6. The van der Waals surface area contributed by atoms with Gasteiger partial charge in [-0.2, -0.15) is 0 Å². The van der Waals surface area contributed by atoms with E-state index in [0.717, 1.165) is 99.4 Å². The molecule has 58 heavy (non-hydrogen) atoms. The fourth-order valence-electron chi connectivity index (χ4n) is 8.52. The third kappa shape index (κ3) is 5.54. The highest BCUT2D eigenvalue weighted by Gasteiger charge is 2.16. The molecule has 0 aliphatic rings. The van der Waals surface area contributed by atoms with Gasteiger partial charge in [-0.25, -0.2) is 19.9 Å². The van der Waals surface area contributed by atoms with Crippen molar-refractivity contribution in [3.05, 3.63) is 194 Å². The van der Waals surface area contributed by atoms with Crippen molar-refractivity contribution in [2.45, 2.75) is 0 Å². The molecule has 0 saturated carbocycles. The molecule has 0 unspecified atom stereocenters. The number of hydrogen-bond acceptors (Lipinski definition) is 4. The summed E-state index contributed by atoms with van der Waals surface area (Å²) in [5.74, 6) is 0. The van der Waals surface area contributed by atoms with Gasteiger partial charge < -0.3 is 0 Å². The van der Waals surface area contributed by atoms with Crippen molar-refractivity contribution in [3.63, 3.8) is 0 Å². The monoisotopic (exact) mass is 736 g/mol. The van der Waals surface area contributed by atoms with Gasteiger partial charge in [0.2, 0.25) is 0 Å². The summed E-state index contributed by atoms with van der Waals surface area (Å²) in [5.41, 5.74) is 10.1. The van der Waals surface area contributed by atoms with Crippen LogP contribution in [0, 0.1) is 0 Å². The van der Waals surface area contributed by atoms with Crippen LogP contribution in [0.4, 0.5) is 0 Å². The third-order valence-electron chi connectivity index (χ3n) is 11.5. The standard InChI is InChI=1S/C54H32N4/c1-4-12-36-28-50-40(23-33(36)9-1)17-20-47(55-50)46-27-43(26-39-15-7-8-16-45(39)46)44-31-53(48-21-18-41-24-34-10-2-5-13-37(34)29-51(41)56-48)58-54(32-44)49-22-19-42-25-35-11-3-6-14-38(35)30-52(42)57-49/h1-32H. The maximum absolute atomic E-state index is 5.30. The highest BCUT2D eigenvalue weighted by molar-refractivity contribution is 6.03. The lowest BCUT2D eigenvalue weighted by Crippen LogP contribution is -1.96. The van der Waals surface area contributed by atoms with E-state index < -0.39 is 0 Å². The lowest BCUT2D eigenvalue weighted by molar-refractivity contribution is 1.25. The molecule has 0 aliphatic heterocycles. The van der Waals surface area contributed by atoms with E-state index in [-0.39, 0.29) is 0 Å². The summed E-state index contributed by atoms with van der Waals surface area (Å²) in [6.07, 6.45) is 0. The van der Waals surface area contributed by atoms with Crippen LogP contribution in [0.25, 0.3) is 121 Å². The number of aromatic nitrogens is 4. The Morgan fingerprint density at radius 1 is 0.224 bits per heavy atom. The van der Waals surface area contributed by atoms with E-state index >= 15 is 0 Å². The van der Waals surface area contributed by atoms with Gasteiger partial charge in [0.15, 0.2) is 0 Å². The van der Waals surface area contributed by atoms with Crippen molar-refractivity contribution in [1.29, 1.82) is 0 Å². The molecule has 0 radical (unpaired) electrons. The number of nitrogens with zero attached hydrogens (tertiary/aromatic N) is 4. The van der Waals surface area contributed by atoms with Crippen molar-refractivity contribution in [1.82, 2.24) is 19.9 Å². The third-order valence-corrected chi connectivity index (χ3v) is 11.5. The average molecular weight is 737 g/mol. The van der Waals surface area contributed by atoms with E-state index in [9.17, 15) is 0 Å². The lowest BCUT2D eigenvalue weighted by Gasteiger charge is -2.14. The minimum atomic E-state index is 0.786. The smallest absolute Gasteiger partial charge is 0.0900 e. The topological polar surface area (TPSA) is 51.6 Å². The summed E-state index contributed by atoms with van der Waals surface area (Å²) in [6, 6.07) is 68.8. The Morgan fingerprint density at radius 3 is 1.09 bits per heavy atom. The van der Waals surface area contributed by atoms with Crippen LogP contribution in [0.15, 0.2) is 194 Å². The molecular weight excluding hydrogens is 705 g/mol. The summed E-state index contributed by atoms with van der Waals surface area (Å²) in [6.45, 7) is 0. The van der Waals surface area contributed by atoms with Gasteiger partial charge in [0.05, 0.1) is 45.0 Å². The summed E-state index contributed by atoms with van der Waals surface area (Å²) < 4.78 is 0. The zero-order valence-electron chi connectivity index (χ0n) is 31.3. The van der Waals surface area contributed by atoms with Crippen LogP contribution < -0.4 is 0 Å². The maximum Gasteiger partial charge on any atom is 0.0900 e. The Hall–Kier alpha value is -7.82. The van der Waals surface area contributed by atoms with E-state index in [0.29, 0.717) is 0 Å². The minimum Gasteiger partial charge on any atom is -0.248 e. The Morgan fingerprint density at radius 2 is 0.603 bits per heavy atom. The van der Waals surface area contributed by atoms with E-state index in [1.807, 2.05) is 0 Å². The van der Waals surface area contributed by atoms with Crippen molar-refractivity contribution in [2.24, 2.45) is 0 Å². The highest BCUT2D eigenvalue weighted by Crippen LogP contribution is 2.38. The Balaban J connectivity index is 1.07.